The lowest BCUT2D eigenvalue weighted by Crippen LogP contribution is -2.06. The molecule has 0 saturated carbocycles. The van der Waals surface area contributed by atoms with Gasteiger partial charge in [-0.15, -0.1) is 0 Å². The number of imidazole rings is 1. The fraction of sp³-hybridized carbons (Fsp3) is 0.273. The number of H-pyrrole nitrogens is 1. The van der Waals surface area contributed by atoms with Gasteiger partial charge in [-0.1, -0.05) is 0 Å². The van der Waals surface area contributed by atoms with Crippen molar-refractivity contribution in [2.75, 3.05) is 11.9 Å². The average Bonchev–Trinajstić information content (AvgIpc) is 2.79. The number of nitrogens with zero attached hydrogens (tertiary/aromatic N) is 2. The number of hydrogen-bond acceptors (Lipinski definition) is 3. The van der Waals surface area contributed by atoms with Gasteiger partial charge in [0.1, 0.15) is 5.82 Å². The topological polar surface area (TPSA) is 53.6 Å². The van der Waals surface area contributed by atoms with Gasteiger partial charge in [-0.3, -0.25) is 0 Å². The van der Waals surface area contributed by atoms with Crippen LogP contribution in [0.1, 0.15) is 12.2 Å². The maximum absolute atomic E-state index is 13.4. The first kappa shape index (κ1) is 12.0. The number of halogens is 2. The van der Waals surface area contributed by atoms with E-state index in [0.29, 0.717) is 11.0 Å². The van der Waals surface area contributed by atoms with E-state index < -0.39 is 0 Å². The molecule has 2 aromatic rings. The summed E-state index contributed by atoms with van der Waals surface area (Å²) in [6, 6.07) is 1.39. The van der Waals surface area contributed by atoms with Gasteiger partial charge >= 0.3 is 0 Å². The van der Waals surface area contributed by atoms with Crippen molar-refractivity contribution in [3.05, 3.63) is 40.8 Å². The number of aromatic amines is 1. The van der Waals surface area contributed by atoms with Gasteiger partial charge in [0.2, 0.25) is 0 Å². The summed E-state index contributed by atoms with van der Waals surface area (Å²) in [5, 5.41) is 2.95. The van der Waals surface area contributed by atoms with Crippen LogP contribution < -0.4 is 5.32 Å². The van der Waals surface area contributed by atoms with Crippen LogP contribution in [-0.4, -0.2) is 21.5 Å². The third-order valence-corrected chi connectivity index (χ3v) is 2.68. The minimum Gasteiger partial charge on any atom is -0.368 e. The van der Waals surface area contributed by atoms with E-state index in [4.69, 9.17) is 0 Å². The third-order valence-electron chi connectivity index (χ3n) is 2.25. The zero-order valence-electron chi connectivity index (χ0n) is 9.08. The molecule has 0 radical (unpaired) electrons. The van der Waals surface area contributed by atoms with Gasteiger partial charge in [0.05, 0.1) is 0 Å². The molecule has 2 aromatic heterocycles. The summed E-state index contributed by atoms with van der Waals surface area (Å²) in [4.78, 5) is 11.1. The van der Waals surface area contributed by atoms with Crippen LogP contribution in [0, 0.1) is 5.82 Å². The highest BCUT2D eigenvalue weighted by molar-refractivity contribution is 9.10. The van der Waals surface area contributed by atoms with E-state index in [0.717, 1.165) is 18.7 Å². The maximum Gasteiger partial charge on any atom is 0.166 e. The van der Waals surface area contributed by atoms with Crippen LogP contribution in [0.4, 0.5) is 10.2 Å². The Balaban J connectivity index is 1.78. The first-order valence-electron chi connectivity index (χ1n) is 5.29. The number of aryl methyl sites for hydroxylation is 1. The number of hydrogen-bond donors (Lipinski definition) is 2. The maximum atomic E-state index is 13.4. The number of pyridine rings is 1. The molecule has 0 aliphatic carbocycles. The summed E-state index contributed by atoms with van der Waals surface area (Å²) >= 11 is 3.16. The molecule has 0 fully saturated rings. The SMILES string of the molecule is Fc1cc(Br)cnc1NCCCc1ncc[nH]1. The van der Waals surface area contributed by atoms with Crippen LogP contribution in [0.5, 0.6) is 0 Å². The summed E-state index contributed by atoms with van der Waals surface area (Å²) in [5.41, 5.74) is 0. The van der Waals surface area contributed by atoms with Gasteiger partial charge in [-0.25, -0.2) is 14.4 Å². The Morgan fingerprint density at radius 2 is 2.29 bits per heavy atom. The van der Waals surface area contributed by atoms with Crippen molar-refractivity contribution in [1.29, 1.82) is 0 Å². The Labute approximate surface area is 107 Å². The van der Waals surface area contributed by atoms with E-state index in [2.05, 4.69) is 36.2 Å². The number of aromatic nitrogens is 3. The van der Waals surface area contributed by atoms with Gasteiger partial charge in [-0.2, -0.15) is 0 Å². The van der Waals surface area contributed by atoms with E-state index in [1.807, 2.05) is 0 Å². The van der Waals surface area contributed by atoms with Crippen LogP contribution in [0.25, 0.3) is 0 Å². The minimum atomic E-state index is -0.350. The molecular weight excluding hydrogens is 287 g/mol. The average molecular weight is 299 g/mol. The molecule has 0 aliphatic rings. The molecule has 0 unspecified atom stereocenters. The molecule has 0 aliphatic heterocycles. The summed E-state index contributed by atoms with van der Waals surface area (Å²) in [6.07, 6.45) is 6.78. The van der Waals surface area contributed by atoms with Gasteiger partial charge < -0.3 is 10.3 Å². The summed E-state index contributed by atoms with van der Waals surface area (Å²) in [5.74, 6) is 0.876. The largest absolute Gasteiger partial charge is 0.368 e. The lowest BCUT2D eigenvalue weighted by molar-refractivity contribution is 0.622. The summed E-state index contributed by atoms with van der Waals surface area (Å²) in [6.45, 7) is 0.659. The normalized spacial score (nSPS) is 10.5. The highest BCUT2D eigenvalue weighted by atomic mass is 79.9. The molecule has 0 bridgehead atoms. The molecule has 90 valence electrons. The Hall–Kier alpha value is -1.43. The second-order valence-electron chi connectivity index (χ2n) is 3.55. The molecule has 0 saturated heterocycles. The van der Waals surface area contributed by atoms with Crippen molar-refractivity contribution in [2.45, 2.75) is 12.8 Å². The standard InChI is InChI=1S/C11H12BrFN4/c12-8-6-9(13)11(17-7-8)16-3-1-2-10-14-4-5-15-10/h4-7H,1-3H2,(H,14,15)(H,16,17). The van der Waals surface area contributed by atoms with E-state index >= 15 is 0 Å². The molecule has 6 heteroatoms. The minimum absolute atomic E-state index is 0.285. The van der Waals surface area contributed by atoms with Gasteiger partial charge in [0, 0.05) is 36.0 Å². The van der Waals surface area contributed by atoms with Gasteiger partial charge in [-0.05, 0) is 28.4 Å². The first-order chi connectivity index (χ1) is 8.25. The quantitative estimate of drug-likeness (QED) is 0.835. The Kier molecular flexibility index (Phi) is 4.08. The number of nitrogens with one attached hydrogen (secondary N) is 2. The Morgan fingerprint density at radius 3 is 3.00 bits per heavy atom. The van der Waals surface area contributed by atoms with E-state index in [1.54, 1.807) is 18.6 Å². The fourth-order valence-electron chi connectivity index (χ4n) is 1.44. The molecule has 4 nitrogen and oxygen atoms in total. The Morgan fingerprint density at radius 1 is 1.41 bits per heavy atom. The summed E-state index contributed by atoms with van der Waals surface area (Å²) in [7, 11) is 0. The zero-order chi connectivity index (χ0) is 12.1. The van der Waals surface area contributed by atoms with Crippen molar-refractivity contribution in [1.82, 2.24) is 15.0 Å². The second-order valence-corrected chi connectivity index (χ2v) is 4.47. The molecule has 0 aromatic carbocycles. The molecule has 2 rings (SSSR count). The van der Waals surface area contributed by atoms with Crippen LogP contribution in [0.2, 0.25) is 0 Å². The van der Waals surface area contributed by atoms with Crippen LogP contribution in [0.15, 0.2) is 29.1 Å². The molecule has 2 heterocycles. The van der Waals surface area contributed by atoms with Gasteiger partial charge in [0.25, 0.3) is 0 Å². The van der Waals surface area contributed by atoms with Crippen LogP contribution >= 0.6 is 15.9 Å². The first-order valence-corrected chi connectivity index (χ1v) is 6.08. The Bertz CT molecular complexity index is 472. The third kappa shape index (κ3) is 3.52. The molecule has 0 spiro atoms. The molecular formula is C11H12BrFN4. The van der Waals surface area contributed by atoms with E-state index in [-0.39, 0.29) is 11.6 Å². The predicted molar refractivity (Wildman–Crippen MR) is 67.3 cm³/mol. The second kappa shape index (κ2) is 5.77. The van der Waals surface area contributed by atoms with Crippen molar-refractivity contribution in [2.24, 2.45) is 0 Å². The highest BCUT2D eigenvalue weighted by Gasteiger charge is 2.03. The van der Waals surface area contributed by atoms with E-state index in [9.17, 15) is 4.39 Å². The fourth-order valence-corrected chi connectivity index (χ4v) is 1.75. The van der Waals surface area contributed by atoms with Gasteiger partial charge in [0.15, 0.2) is 11.6 Å². The molecule has 17 heavy (non-hydrogen) atoms. The monoisotopic (exact) mass is 298 g/mol. The van der Waals surface area contributed by atoms with E-state index in [1.165, 1.54) is 6.07 Å². The lowest BCUT2D eigenvalue weighted by atomic mass is 10.3. The lowest BCUT2D eigenvalue weighted by Gasteiger charge is -2.05. The van der Waals surface area contributed by atoms with Crippen LogP contribution in [0.3, 0.4) is 0 Å². The highest BCUT2D eigenvalue weighted by Crippen LogP contribution is 2.15. The summed E-state index contributed by atoms with van der Waals surface area (Å²) < 4.78 is 14.0. The molecule has 0 atom stereocenters. The van der Waals surface area contributed by atoms with Crippen LogP contribution in [-0.2, 0) is 6.42 Å². The number of anilines is 1. The zero-order valence-corrected chi connectivity index (χ0v) is 10.7. The molecule has 0 amide bonds. The number of rotatable bonds is 5. The van der Waals surface area contributed by atoms with Crippen molar-refractivity contribution >= 4 is 21.7 Å². The van der Waals surface area contributed by atoms with Crippen molar-refractivity contribution in [3.8, 4) is 0 Å². The van der Waals surface area contributed by atoms with Crippen molar-refractivity contribution < 1.29 is 4.39 Å². The van der Waals surface area contributed by atoms with Crippen molar-refractivity contribution in [3.63, 3.8) is 0 Å². The predicted octanol–water partition coefficient (Wildman–Crippen LogP) is 2.75. The smallest absolute Gasteiger partial charge is 0.166 e. The molecule has 2 N–H and O–H groups in total.